The van der Waals surface area contributed by atoms with E-state index in [2.05, 4.69) is 13.8 Å². The summed E-state index contributed by atoms with van der Waals surface area (Å²) in [7, 11) is -2.72. The van der Waals surface area contributed by atoms with Gasteiger partial charge in [0.15, 0.2) is 23.3 Å². The second kappa shape index (κ2) is 8.21. The smallest absolute Gasteiger partial charge is 0.332 e. The molecule has 23 heavy (non-hydrogen) atoms. The normalized spacial score (nSPS) is 12.3. The van der Waals surface area contributed by atoms with E-state index in [-0.39, 0.29) is 0 Å². The van der Waals surface area contributed by atoms with Crippen LogP contribution in [0.5, 0.6) is 0 Å². The highest BCUT2D eigenvalue weighted by Gasteiger charge is 2.29. The Labute approximate surface area is 133 Å². The molecule has 0 amide bonds. The Bertz CT molecular complexity index is 520. The number of benzene rings is 1. The third-order valence-electron chi connectivity index (χ3n) is 3.24. The third kappa shape index (κ3) is 5.54. The van der Waals surface area contributed by atoms with E-state index in [1.54, 1.807) is 13.1 Å². The minimum absolute atomic E-state index is 0.425. The fraction of sp³-hybridized carbons (Fsp3) is 0.600. The van der Waals surface area contributed by atoms with Gasteiger partial charge in [0.1, 0.15) is 0 Å². The molecule has 0 aliphatic rings. The van der Waals surface area contributed by atoms with Crippen LogP contribution in [0.15, 0.2) is 0 Å². The standard InChI is InChI=1S/C15H21F5O2Si/c1-9(2)6-5-7-21-23(3,4)22-8-10-11(16)13(18)15(20)14(19)12(10)17/h9H,5-8H2,1-4H3. The monoisotopic (exact) mass is 356 g/mol. The van der Waals surface area contributed by atoms with E-state index in [4.69, 9.17) is 8.85 Å². The summed E-state index contributed by atoms with van der Waals surface area (Å²) in [5.74, 6) is -9.33. The van der Waals surface area contributed by atoms with Gasteiger partial charge in [-0.05, 0) is 31.9 Å². The van der Waals surface area contributed by atoms with Gasteiger partial charge < -0.3 is 8.85 Å². The molecule has 1 rings (SSSR count). The summed E-state index contributed by atoms with van der Waals surface area (Å²) in [6.45, 7) is 7.14. The van der Waals surface area contributed by atoms with Gasteiger partial charge in [-0.1, -0.05) is 13.8 Å². The van der Waals surface area contributed by atoms with Crippen LogP contribution in [0.2, 0.25) is 13.1 Å². The van der Waals surface area contributed by atoms with Crippen molar-refractivity contribution in [2.45, 2.75) is 46.4 Å². The summed E-state index contributed by atoms with van der Waals surface area (Å²) in [5.41, 5.74) is -0.979. The molecule has 0 N–H and O–H groups in total. The van der Waals surface area contributed by atoms with Crippen LogP contribution < -0.4 is 0 Å². The molecule has 0 saturated carbocycles. The van der Waals surface area contributed by atoms with Gasteiger partial charge in [-0.15, -0.1) is 0 Å². The maximum Gasteiger partial charge on any atom is 0.332 e. The van der Waals surface area contributed by atoms with Crippen LogP contribution in [-0.4, -0.2) is 15.2 Å². The molecule has 0 saturated heterocycles. The molecule has 2 nitrogen and oxygen atoms in total. The van der Waals surface area contributed by atoms with Crippen LogP contribution in [0.3, 0.4) is 0 Å². The molecule has 1 aromatic carbocycles. The van der Waals surface area contributed by atoms with Crippen molar-refractivity contribution < 1.29 is 30.8 Å². The van der Waals surface area contributed by atoms with Crippen molar-refractivity contribution >= 4 is 8.56 Å². The van der Waals surface area contributed by atoms with Crippen molar-refractivity contribution in [1.82, 2.24) is 0 Å². The minimum atomic E-state index is -2.72. The van der Waals surface area contributed by atoms with Gasteiger partial charge in [-0.2, -0.15) is 0 Å². The van der Waals surface area contributed by atoms with Crippen molar-refractivity contribution in [2.75, 3.05) is 6.61 Å². The van der Waals surface area contributed by atoms with E-state index < -0.39 is 49.8 Å². The van der Waals surface area contributed by atoms with Crippen LogP contribution in [0.25, 0.3) is 0 Å². The van der Waals surface area contributed by atoms with Crippen LogP contribution in [0, 0.1) is 35.0 Å². The summed E-state index contributed by atoms with van der Waals surface area (Å²) < 4.78 is 77.2. The maximum absolute atomic E-state index is 13.5. The second-order valence-electron chi connectivity index (χ2n) is 6.12. The van der Waals surface area contributed by atoms with Gasteiger partial charge in [0, 0.05) is 6.61 Å². The molecular weight excluding hydrogens is 335 g/mol. The van der Waals surface area contributed by atoms with E-state index in [1.165, 1.54) is 0 Å². The van der Waals surface area contributed by atoms with E-state index in [9.17, 15) is 22.0 Å². The van der Waals surface area contributed by atoms with Gasteiger partial charge in [0.2, 0.25) is 5.82 Å². The highest BCUT2D eigenvalue weighted by Crippen LogP contribution is 2.24. The van der Waals surface area contributed by atoms with Gasteiger partial charge in [-0.25, -0.2) is 22.0 Å². The van der Waals surface area contributed by atoms with Gasteiger partial charge in [0.05, 0.1) is 12.2 Å². The van der Waals surface area contributed by atoms with Gasteiger partial charge >= 0.3 is 8.56 Å². The average molecular weight is 356 g/mol. The first-order valence-corrected chi connectivity index (χ1v) is 10.2. The lowest BCUT2D eigenvalue weighted by Crippen LogP contribution is -2.35. The lowest BCUT2D eigenvalue weighted by molar-refractivity contribution is 0.162. The average Bonchev–Trinajstić information content (AvgIpc) is 2.47. The summed E-state index contributed by atoms with van der Waals surface area (Å²) in [5, 5.41) is 0. The molecule has 0 atom stereocenters. The number of hydrogen-bond donors (Lipinski definition) is 0. The zero-order chi connectivity index (χ0) is 17.8. The van der Waals surface area contributed by atoms with Gasteiger partial charge in [-0.3, -0.25) is 0 Å². The predicted octanol–water partition coefficient (Wildman–Crippen LogP) is 5.05. The van der Waals surface area contributed by atoms with Gasteiger partial charge in [0.25, 0.3) is 0 Å². The molecule has 0 spiro atoms. The Balaban J connectivity index is 2.70. The Hall–Kier alpha value is -0.993. The third-order valence-corrected chi connectivity index (χ3v) is 4.98. The Morgan fingerprint density at radius 3 is 1.78 bits per heavy atom. The van der Waals surface area contributed by atoms with E-state index in [0.717, 1.165) is 12.8 Å². The highest BCUT2D eigenvalue weighted by molar-refractivity contribution is 6.64. The van der Waals surface area contributed by atoms with Crippen LogP contribution in [-0.2, 0) is 15.5 Å². The summed E-state index contributed by atoms with van der Waals surface area (Å²) in [4.78, 5) is 0. The van der Waals surface area contributed by atoms with Crippen molar-refractivity contribution in [3.05, 3.63) is 34.6 Å². The topological polar surface area (TPSA) is 18.5 Å². The molecule has 8 heteroatoms. The van der Waals surface area contributed by atoms with Crippen LogP contribution in [0.1, 0.15) is 32.3 Å². The molecule has 0 unspecified atom stereocenters. The Morgan fingerprint density at radius 1 is 0.826 bits per heavy atom. The van der Waals surface area contributed by atoms with Crippen LogP contribution in [0.4, 0.5) is 22.0 Å². The first-order chi connectivity index (χ1) is 10.6. The van der Waals surface area contributed by atoms with E-state index >= 15 is 0 Å². The van der Waals surface area contributed by atoms with Crippen molar-refractivity contribution in [2.24, 2.45) is 5.92 Å². The molecular formula is C15H21F5O2Si. The lowest BCUT2D eigenvalue weighted by atomic mass is 10.1. The van der Waals surface area contributed by atoms with Crippen molar-refractivity contribution in [3.8, 4) is 0 Å². The fourth-order valence-electron chi connectivity index (χ4n) is 1.87. The first-order valence-electron chi connectivity index (χ1n) is 7.35. The number of hydrogen-bond acceptors (Lipinski definition) is 2. The summed E-state index contributed by atoms with van der Waals surface area (Å²) in [6, 6.07) is 0. The highest BCUT2D eigenvalue weighted by atomic mass is 28.4. The second-order valence-corrected chi connectivity index (χ2v) is 9.50. The fourth-order valence-corrected chi connectivity index (χ4v) is 3.09. The molecule has 0 aromatic heterocycles. The summed E-state index contributed by atoms with van der Waals surface area (Å²) >= 11 is 0. The number of halogens is 5. The van der Waals surface area contributed by atoms with Crippen molar-refractivity contribution in [1.29, 1.82) is 0 Å². The Kier molecular flexibility index (Phi) is 7.16. The molecule has 0 bridgehead atoms. The van der Waals surface area contributed by atoms with Crippen LogP contribution >= 0.6 is 0 Å². The number of rotatable bonds is 8. The van der Waals surface area contributed by atoms with Crippen molar-refractivity contribution in [3.63, 3.8) is 0 Å². The zero-order valence-electron chi connectivity index (χ0n) is 13.6. The SMILES string of the molecule is CC(C)CCCO[Si](C)(C)OCc1c(F)c(F)c(F)c(F)c1F. The molecule has 1 aromatic rings. The van der Waals surface area contributed by atoms with E-state index in [1.807, 2.05) is 0 Å². The molecule has 0 radical (unpaired) electrons. The molecule has 0 aliphatic carbocycles. The Morgan fingerprint density at radius 2 is 1.30 bits per heavy atom. The molecule has 0 fully saturated rings. The largest absolute Gasteiger partial charge is 0.395 e. The zero-order valence-corrected chi connectivity index (χ0v) is 14.6. The minimum Gasteiger partial charge on any atom is -0.395 e. The lowest BCUT2D eigenvalue weighted by Gasteiger charge is -2.23. The molecule has 0 heterocycles. The quantitative estimate of drug-likeness (QED) is 0.213. The molecule has 0 aliphatic heterocycles. The molecule has 132 valence electrons. The first kappa shape index (κ1) is 20.1. The predicted molar refractivity (Wildman–Crippen MR) is 78.5 cm³/mol. The summed E-state index contributed by atoms with van der Waals surface area (Å²) in [6.07, 6.45) is 1.77. The van der Waals surface area contributed by atoms with E-state index in [0.29, 0.717) is 12.5 Å². The maximum atomic E-state index is 13.5.